The van der Waals surface area contributed by atoms with Crippen molar-refractivity contribution < 1.29 is 28.9 Å². The van der Waals surface area contributed by atoms with Crippen LogP contribution >= 0.6 is 11.6 Å². The summed E-state index contributed by atoms with van der Waals surface area (Å²) in [7, 11) is 1.28. The summed E-state index contributed by atoms with van der Waals surface area (Å²) in [6.07, 6.45) is -1.37. The Bertz CT molecular complexity index is 1280. The number of fused-ring (bicyclic) bond motifs is 1. The monoisotopic (exact) mass is 469 g/mol. The summed E-state index contributed by atoms with van der Waals surface area (Å²) in [5.74, 6) is -0.807. The highest BCUT2D eigenvalue weighted by atomic mass is 35.5. The maximum atomic E-state index is 15.4. The second-order valence-electron chi connectivity index (χ2n) is 7.22. The minimum Gasteiger partial charge on any atom is -0.494 e. The van der Waals surface area contributed by atoms with E-state index in [1.807, 2.05) is 6.07 Å². The van der Waals surface area contributed by atoms with Gasteiger partial charge in [0.25, 0.3) is 0 Å². The molecule has 33 heavy (non-hydrogen) atoms. The van der Waals surface area contributed by atoms with Crippen LogP contribution in [0.25, 0.3) is 11.1 Å². The molecule has 2 atom stereocenters. The third kappa shape index (κ3) is 3.59. The van der Waals surface area contributed by atoms with Crippen LogP contribution in [0.3, 0.4) is 0 Å². The van der Waals surface area contributed by atoms with Gasteiger partial charge in [-0.05, 0) is 36.4 Å². The van der Waals surface area contributed by atoms with Gasteiger partial charge in [-0.25, -0.2) is 9.18 Å². The highest BCUT2D eigenvalue weighted by Gasteiger charge is 2.52. The Morgan fingerprint density at radius 3 is 2.76 bits per heavy atom. The van der Waals surface area contributed by atoms with Crippen molar-refractivity contribution in [2.24, 2.45) is 0 Å². The first-order valence-corrected chi connectivity index (χ1v) is 10.1. The number of methoxy groups -OCH3 is 1. The molecule has 3 N–H and O–H groups in total. The third-order valence-electron chi connectivity index (χ3n) is 5.46. The predicted molar refractivity (Wildman–Crippen MR) is 116 cm³/mol. The van der Waals surface area contributed by atoms with Crippen molar-refractivity contribution in [2.75, 3.05) is 13.7 Å². The number of rotatable bonds is 5. The molecule has 0 aliphatic carbocycles. The fourth-order valence-corrected chi connectivity index (χ4v) is 4.22. The number of hydrogen-bond donors (Lipinski definition) is 3. The number of amides is 1. The second kappa shape index (κ2) is 8.58. The van der Waals surface area contributed by atoms with E-state index >= 15 is 4.39 Å². The number of ether oxygens (including phenoxy) is 2. The SMILES string of the molecule is COc1ccc(C#N)c(-c2c(Cl)ccc3c2C(O)C(CNC(=O)O)(c2ccccn2)O3)c1F. The van der Waals surface area contributed by atoms with Gasteiger partial charge in [-0.3, -0.25) is 4.98 Å². The zero-order chi connectivity index (χ0) is 23.8. The smallest absolute Gasteiger partial charge is 0.404 e. The summed E-state index contributed by atoms with van der Waals surface area (Å²) < 4.78 is 26.5. The number of aromatic nitrogens is 1. The number of nitriles is 1. The van der Waals surface area contributed by atoms with E-state index < -0.39 is 23.6 Å². The van der Waals surface area contributed by atoms with Gasteiger partial charge in [0.15, 0.2) is 17.2 Å². The number of hydrogen-bond acceptors (Lipinski definition) is 6. The van der Waals surface area contributed by atoms with Gasteiger partial charge in [0.2, 0.25) is 0 Å². The molecule has 2 aromatic carbocycles. The summed E-state index contributed by atoms with van der Waals surface area (Å²) in [6, 6.07) is 12.5. The van der Waals surface area contributed by atoms with E-state index in [-0.39, 0.29) is 51.0 Å². The van der Waals surface area contributed by atoms with E-state index in [9.17, 15) is 20.3 Å². The lowest BCUT2D eigenvalue weighted by atomic mass is 9.85. The van der Waals surface area contributed by atoms with Crippen molar-refractivity contribution in [3.8, 4) is 28.7 Å². The fourth-order valence-electron chi connectivity index (χ4n) is 3.96. The van der Waals surface area contributed by atoms with Gasteiger partial charge in [0.05, 0.1) is 31.0 Å². The molecule has 3 aromatic rings. The molecule has 0 saturated carbocycles. The van der Waals surface area contributed by atoms with Gasteiger partial charge in [-0.15, -0.1) is 0 Å². The molecule has 2 heterocycles. The zero-order valence-corrected chi connectivity index (χ0v) is 17.9. The Morgan fingerprint density at radius 2 is 2.12 bits per heavy atom. The summed E-state index contributed by atoms with van der Waals surface area (Å²) in [5.41, 5.74) is -1.47. The largest absolute Gasteiger partial charge is 0.494 e. The maximum absolute atomic E-state index is 15.4. The van der Waals surface area contributed by atoms with E-state index in [0.29, 0.717) is 0 Å². The molecule has 1 aromatic heterocycles. The summed E-state index contributed by atoms with van der Waals surface area (Å²) in [4.78, 5) is 15.5. The molecule has 168 valence electrons. The first-order chi connectivity index (χ1) is 15.8. The molecule has 0 spiro atoms. The molecule has 0 saturated heterocycles. The van der Waals surface area contributed by atoms with E-state index in [2.05, 4.69) is 10.3 Å². The Hall–Kier alpha value is -3.87. The van der Waals surface area contributed by atoms with Gasteiger partial charge in [-0.1, -0.05) is 17.7 Å². The van der Waals surface area contributed by atoms with Crippen LogP contribution in [-0.4, -0.2) is 34.9 Å². The number of pyridine rings is 1. The Balaban J connectivity index is 1.98. The standard InChI is InChI=1S/C23H17ClFN3O5/c1-32-15-7-5-12(10-26)17(20(15)25)18-13(24)6-8-14-19(18)21(29)23(33-14,11-28-22(30)31)16-4-2-3-9-27-16/h2-9,21,28-29H,11H2,1H3,(H,30,31). The molecule has 0 fully saturated rings. The van der Waals surface area contributed by atoms with E-state index in [1.54, 1.807) is 18.2 Å². The summed E-state index contributed by atoms with van der Waals surface area (Å²) in [5, 5.41) is 32.6. The minimum absolute atomic E-state index is 0.0326. The Kier molecular flexibility index (Phi) is 5.80. The first-order valence-electron chi connectivity index (χ1n) is 9.68. The summed E-state index contributed by atoms with van der Waals surface area (Å²) in [6.45, 7) is -0.363. The molecule has 0 radical (unpaired) electrons. The molecule has 8 nitrogen and oxygen atoms in total. The van der Waals surface area contributed by atoms with Crippen LogP contribution in [0.1, 0.15) is 22.9 Å². The average Bonchev–Trinajstić information content (AvgIpc) is 3.11. The first kappa shape index (κ1) is 22.3. The number of aliphatic hydroxyl groups excluding tert-OH is 1. The van der Waals surface area contributed by atoms with Crippen LogP contribution in [0.5, 0.6) is 11.5 Å². The van der Waals surface area contributed by atoms with Crippen LogP contribution in [0.4, 0.5) is 9.18 Å². The number of carboxylic acid groups (broad SMARTS) is 1. The minimum atomic E-state index is -1.66. The van der Waals surface area contributed by atoms with E-state index in [4.69, 9.17) is 21.1 Å². The van der Waals surface area contributed by atoms with Gasteiger partial charge >= 0.3 is 6.09 Å². The topological polar surface area (TPSA) is 125 Å². The van der Waals surface area contributed by atoms with Crippen molar-refractivity contribution in [1.82, 2.24) is 10.3 Å². The molecule has 1 aliphatic heterocycles. The van der Waals surface area contributed by atoms with Gasteiger partial charge < -0.3 is 25.0 Å². The fraction of sp³-hybridized carbons (Fsp3) is 0.174. The van der Waals surface area contributed by atoms with Crippen molar-refractivity contribution >= 4 is 17.7 Å². The average molecular weight is 470 g/mol. The lowest BCUT2D eigenvalue weighted by Crippen LogP contribution is -2.46. The van der Waals surface area contributed by atoms with E-state index in [1.165, 1.54) is 37.6 Å². The van der Waals surface area contributed by atoms with Crippen LogP contribution in [0.2, 0.25) is 5.02 Å². The predicted octanol–water partition coefficient (Wildman–Crippen LogP) is 4.01. The Morgan fingerprint density at radius 1 is 1.33 bits per heavy atom. The molecular formula is C23H17ClFN3O5. The molecule has 0 bridgehead atoms. The highest BCUT2D eigenvalue weighted by molar-refractivity contribution is 6.33. The maximum Gasteiger partial charge on any atom is 0.404 e. The zero-order valence-electron chi connectivity index (χ0n) is 17.2. The van der Waals surface area contributed by atoms with Crippen molar-refractivity contribution in [1.29, 1.82) is 5.26 Å². The molecule has 1 amide bonds. The van der Waals surface area contributed by atoms with Crippen LogP contribution in [0, 0.1) is 17.1 Å². The quantitative estimate of drug-likeness (QED) is 0.515. The molecule has 4 rings (SSSR count). The Labute approximate surface area is 192 Å². The van der Waals surface area contributed by atoms with Crippen LogP contribution in [-0.2, 0) is 5.60 Å². The van der Waals surface area contributed by atoms with Crippen LogP contribution < -0.4 is 14.8 Å². The number of halogens is 2. The number of nitrogens with one attached hydrogen (secondary N) is 1. The lowest BCUT2D eigenvalue weighted by Gasteiger charge is -2.31. The van der Waals surface area contributed by atoms with Crippen molar-refractivity contribution in [2.45, 2.75) is 11.7 Å². The summed E-state index contributed by atoms with van der Waals surface area (Å²) >= 11 is 6.46. The lowest BCUT2D eigenvalue weighted by molar-refractivity contribution is -0.0337. The highest BCUT2D eigenvalue weighted by Crippen LogP contribution is 2.54. The van der Waals surface area contributed by atoms with Gasteiger partial charge in [0.1, 0.15) is 11.9 Å². The molecule has 10 heteroatoms. The molecule has 2 unspecified atom stereocenters. The van der Waals surface area contributed by atoms with Crippen molar-refractivity contribution in [3.05, 3.63) is 76.3 Å². The van der Waals surface area contributed by atoms with Gasteiger partial charge in [-0.2, -0.15) is 5.26 Å². The number of carbonyl (C=O) groups is 1. The van der Waals surface area contributed by atoms with Crippen molar-refractivity contribution in [3.63, 3.8) is 0 Å². The van der Waals surface area contributed by atoms with Crippen LogP contribution in [0.15, 0.2) is 48.7 Å². The third-order valence-corrected chi connectivity index (χ3v) is 5.77. The molecule has 1 aliphatic rings. The normalized spacial score (nSPS) is 18.7. The second-order valence-corrected chi connectivity index (χ2v) is 7.63. The number of aliphatic hydroxyl groups is 1. The number of benzene rings is 2. The van der Waals surface area contributed by atoms with E-state index in [0.717, 1.165) is 0 Å². The number of nitrogens with zero attached hydrogens (tertiary/aromatic N) is 2. The molecular weight excluding hydrogens is 453 g/mol. The van der Waals surface area contributed by atoms with Gasteiger partial charge in [0, 0.05) is 27.9 Å².